The summed E-state index contributed by atoms with van der Waals surface area (Å²) in [6.45, 7) is 14.5. The zero-order valence-corrected chi connectivity index (χ0v) is 19.8. The molecule has 0 radical (unpaired) electrons. The Bertz CT molecular complexity index is 1190. The van der Waals surface area contributed by atoms with Gasteiger partial charge in [-0.2, -0.15) is 0 Å². The zero-order valence-electron chi connectivity index (χ0n) is 19.8. The highest BCUT2D eigenvalue weighted by Crippen LogP contribution is 2.41. The number of likely N-dealkylation sites (tertiary alicyclic amines) is 1. The van der Waals surface area contributed by atoms with Gasteiger partial charge in [-0.1, -0.05) is 30.3 Å². The van der Waals surface area contributed by atoms with E-state index in [-0.39, 0.29) is 12.1 Å². The molecular weight excluding hydrogens is 428 g/mol. The third kappa shape index (κ3) is 5.18. The first-order chi connectivity index (χ1) is 16.2. The van der Waals surface area contributed by atoms with Crippen LogP contribution in [0.1, 0.15) is 39.7 Å². The second-order valence-corrected chi connectivity index (χ2v) is 9.46. The summed E-state index contributed by atoms with van der Waals surface area (Å²) in [7, 11) is 0. The fourth-order valence-electron chi connectivity index (χ4n) is 4.16. The summed E-state index contributed by atoms with van der Waals surface area (Å²) < 4.78 is 13.4. The summed E-state index contributed by atoms with van der Waals surface area (Å²) in [6.07, 6.45) is 3.33. The molecule has 1 unspecified atom stereocenters. The number of hydrogen-bond donors (Lipinski definition) is 1. The van der Waals surface area contributed by atoms with Crippen LogP contribution in [0.15, 0.2) is 60.8 Å². The van der Waals surface area contributed by atoms with Crippen molar-refractivity contribution in [2.45, 2.75) is 45.3 Å². The van der Waals surface area contributed by atoms with Gasteiger partial charge in [0, 0.05) is 24.8 Å². The van der Waals surface area contributed by atoms with Crippen molar-refractivity contribution >= 4 is 17.6 Å². The van der Waals surface area contributed by atoms with Gasteiger partial charge in [0.15, 0.2) is 0 Å². The summed E-state index contributed by atoms with van der Waals surface area (Å²) in [6, 6.07) is 17.2. The summed E-state index contributed by atoms with van der Waals surface area (Å²) in [5.41, 5.74) is 7.96. The van der Waals surface area contributed by atoms with E-state index in [1.807, 2.05) is 86.1 Å². The van der Waals surface area contributed by atoms with Crippen molar-refractivity contribution < 1.29 is 14.3 Å². The molecule has 7 nitrogen and oxygen atoms in total. The van der Waals surface area contributed by atoms with Crippen LogP contribution in [0.25, 0.3) is 16.0 Å². The first kappa shape index (κ1) is 23.2. The highest BCUT2D eigenvalue weighted by molar-refractivity contribution is 5.86. The Morgan fingerprint density at radius 1 is 1.09 bits per heavy atom. The van der Waals surface area contributed by atoms with Crippen molar-refractivity contribution in [2.75, 3.05) is 18.8 Å². The number of para-hydroxylation sites is 1. The van der Waals surface area contributed by atoms with Gasteiger partial charge in [-0.3, -0.25) is 0 Å². The molecule has 34 heavy (non-hydrogen) atoms. The molecule has 1 saturated heterocycles. The van der Waals surface area contributed by atoms with Crippen LogP contribution in [0.2, 0.25) is 0 Å². The van der Waals surface area contributed by atoms with E-state index in [9.17, 15) is 4.79 Å². The Labute approximate surface area is 200 Å². The number of aromatic nitrogens is 1. The Kier molecular flexibility index (Phi) is 6.51. The average Bonchev–Trinajstić information content (AvgIpc) is 3.15. The molecule has 0 spiro atoms. The molecule has 1 amide bonds. The minimum atomic E-state index is -0.544. The van der Waals surface area contributed by atoms with Crippen LogP contribution in [0.3, 0.4) is 0 Å². The van der Waals surface area contributed by atoms with E-state index >= 15 is 0 Å². The minimum absolute atomic E-state index is 0.0174. The summed E-state index contributed by atoms with van der Waals surface area (Å²) >= 11 is 0. The molecule has 4 rings (SSSR count). The van der Waals surface area contributed by atoms with E-state index in [2.05, 4.69) is 4.85 Å². The van der Waals surface area contributed by atoms with Crippen LogP contribution in [-0.2, 0) is 4.74 Å². The molecule has 1 fully saturated rings. The molecule has 2 heterocycles. The molecule has 2 N–H and O–H groups in total. The first-order valence-corrected chi connectivity index (χ1v) is 11.4. The van der Waals surface area contributed by atoms with Crippen molar-refractivity contribution in [3.8, 4) is 22.6 Å². The van der Waals surface area contributed by atoms with Crippen LogP contribution >= 0.6 is 0 Å². The number of nitrogens with two attached hydrogens (primary N) is 1. The minimum Gasteiger partial charge on any atom is -0.457 e. The van der Waals surface area contributed by atoms with E-state index in [0.29, 0.717) is 30.3 Å². The van der Waals surface area contributed by atoms with Gasteiger partial charge in [0.25, 0.3) is 0 Å². The molecule has 3 aromatic rings. The maximum absolute atomic E-state index is 12.6. The molecule has 0 aliphatic carbocycles. The van der Waals surface area contributed by atoms with Crippen molar-refractivity contribution in [3.05, 3.63) is 72.2 Å². The van der Waals surface area contributed by atoms with Gasteiger partial charge in [0.05, 0.1) is 12.6 Å². The van der Waals surface area contributed by atoms with Crippen LogP contribution < -0.4 is 10.5 Å². The van der Waals surface area contributed by atoms with E-state index in [1.165, 1.54) is 0 Å². The van der Waals surface area contributed by atoms with Gasteiger partial charge >= 0.3 is 6.09 Å². The Morgan fingerprint density at radius 3 is 2.41 bits per heavy atom. The van der Waals surface area contributed by atoms with Gasteiger partial charge in [0.1, 0.15) is 22.9 Å². The first-order valence-electron chi connectivity index (χ1n) is 11.4. The number of piperidine rings is 1. The molecule has 0 saturated carbocycles. The van der Waals surface area contributed by atoms with Gasteiger partial charge in [0.2, 0.25) is 5.69 Å². The van der Waals surface area contributed by atoms with Crippen molar-refractivity contribution in [1.82, 2.24) is 9.47 Å². The van der Waals surface area contributed by atoms with Crippen molar-refractivity contribution in [1.29, 1.82) is 0 Å². The highest BCUT2D eigenvalue weighted by atomic mass is 16.6. The molecule has 7 heteroatoms. The Hall–Kier alpha value is -3.92. The fraction of sp³-hybridized carbons (Fsp3) is 0.333. The highest BCUT2D eigenvalue weighted by Gasteiger charge is 2.30. The smallest absolute Gasteiger partial charge is 0.410 e. The molecule has 2 aromatic carbocycles. The number of anilines is 1. The predicted molar refractivity (Wildman–Crippen MR) is 133 cm³/mol. The number of rotatable bonds is 4. The predicted octanol–water partition coefficient (Wildman–Crippen LogP) is 6.65. The number of benzene rings is 2. The topological polar surface area (TPSA) is 74.1 Å². The third-order valence-electron chi connectivity index (χ3n) is 5.74. The normalized spacial score (nSPS) is 16.1. The monoisotopic (exact) mass is 458 g/mol. The largest absolute Gasteiger partial charge is 0.457 e. The molecular formula is C27H30N4O3. The number of carbonyl (C=O) groups excluding carboxylic acids is 1. The van der Waals surface area contributed by atoms with Crippen molar-refractivity contribution in [3.63, 3.8) is 0 Å². The lowest BCUT2D eigenvalue weighted by Gasteiger charge is -2.35. The van der Waals surface area contributed by atoms with E-state index < -0.39 is 5.60 Å². The molecule has 1 aliphatic rings. The molecule has 0 bridgehead atoms. The molecule has 176 valence electrons. The second kappa shape index (κ2) is 9.52. The standard InChI is InChI=1S/C27H30N4O3/c1-27(2,3)34-26(32)30-16-8-9-20(17-30)31-18-23(24(29-4)25(31)28)19-12-14-22(15-13-19)33-21-10-6-5-7-11-21/h5-7,10-15,18,20H,8-9,16-17,28H2,1-3H3. The number of carbonyl (C=O) groups is 1. The van der Waals surface area contributed by atoms with Crippen LogP contribution in [0.5, 0.6) is 11.5 Å². The number of hydrogen-bond acceptors (Lipinski definition) is 4. The van der Waals surface area contributed by atoms with E-state index in [1.54, 1.807) is 4.90 Å². The fourth-order valence-corrected chi connectivity index (χ4v) is 4.16. The summed E-state index contributed by atoms with van der Waals surface area (Å²) in [5.74, 6) is 1.90. The molecule has 1 atom stereocenters. The van der Waals surface area contributed by atoms with Gasteiger partial charge < -0.3 is 24.7 Å². The van der Waals surface area contributed by atoms with Gasteiger partial charge in [-0.15, -0.1) is 0 Å². The number of nitrogen functional groups attached to an aromatic ring is 1. The van der Waals surface area contributed by atoms with Crippen molar-refractivity contribution in [2.24, 2.45) is 0 Å². The molecule has 1 aliphatic heterocycles. The van der Waals surface area contributed by atoms with Crippen LogP contribution in [0, 0.1) is 6.57 Å². The maximum atomic E-state index is 12.6. The SMILES string of the molecule is [C-]#[N+]c1c(-c2ccc(Oc3ccccc3)cc2)cn(C2CCCN(C(=O)OC(C)(C)C)C2)c1N. The Balaban J connectivity index is 1.55. The Morgan fingerprint density at radius 2 is 1.76 bits per heavy atom. The van der Waals surface area contributed by atoms with Gasteiger partial charge in [-0.25, -0.2) is 9.64 Å². The van der Waals surface area contributed by atoms with E-state index in [4.69, 9.17) is 21.8 Å². The van der Waals surface area contributed by atoms with Crippen LogP contribution in [-0.4, -0.2) is 34.3 Å². The quantitative estimate of drug-likeness (QED) is 0.444. The number of ether oxygens (including phenoxy) is 2. The lowest BCUT2D eigenvalue weighted by Crippen LogP contribution is -2.43. The molecule has 1 aromatic heterocycles. The number of amides is 1. The van der Waals surface area contributed by atoms with Crippen LogP contribution in [0.4, 0.5) is 16.3 Å². The lowest BCUT2D eigenvalue weighted by atomic mass is 10.1. The zero-order chi connectivity index (χ0) is 24.3. The lowest BCUT2D eigenvalue weighted by molar-refractivity contribution is 0.0173. The number of nitrogens with zero attached hydrogens (tertiary/aromatic N) is 3. The van der Waals surface area contributed by atoms with Gasteiger partial charge in [-0.05, 0) is 63.4 Å². The summed E-state index contributed by atoms with van der Waals surface area (Å²) in [5, 5.41) is 0. The third-order valence-corrected chi connectivity index (χ3v) is 5.74. The average molecular weight is 459 g/mol. The second-order valence-electron chi connectivity index (χ2n) is 9.46. The van der Waals surface area contributed by atoms with E-state index in [0.717, 1.165) is 29.7 Å². The summed E-state index contributed by atoms with van der Waals surface area (Å²) in [4.78, 5) is 18.0. The maximum Gasteiger partial charge on any atom is 0.410 e.